The molecule has 0 aromatic heterocycles. The van der Waals surface area contributed by atoms with Gasteiger partial charge in [-0.2, -0.15) is 0 Å². The summed E-state index contributed by atoms with van der Waals surface area (Å²) in [6.45, 7) is 7.34. The number of hydrogen-bond acceptors (Lipinski definition) is 3. The van der Waals surface area contributed by atoms with E-state index in [0.717, 1.165) is 17.9 Å². The van der Waals surface area contributed by atoms with Gasteiger partial charge in [-0.05, 0) is 42.1 Å². The summed E-state index contributed by atoms with van der Waals surface area (Å²) in [7, 11) is 0. The van der Waals surface area contributed by atoms with E-state index in [9.17, 15) is 4.79 Å². The molecule has 0 bridgehead atoms. The maximum atomic E-state index is 12.2. The normalized spacial score (nSPS) is 26.7. The monoisotopic (exact) mass is 303 g/mol. The minimum absolute atomic E-state index is 0.313. The molecule has 4 atom stereocenters. The van der Waals surface area contributed by atoms with E-state index in [1.807, 2.05) is 30.3 Å². The molecule has 0 saturated heterocycles. The Morgan fingerprint density at radius 1 is 1.27 bits per heavy atom. The molecule has 2 N–H and O–H groups in total. The molecule has 0 aliphatic heterocycles. The maximum absolute atomic E-state index is 12.2. The highest BCUT2D eigenvalue weighted by Gasteiger charge is 2.32. The van der Waals surface area contributed by atoms with Crippen molar-refractivity contribution in [3.63, 3.8) is 0 Å². The first-order valence-electron chi connectivity index (χ1n) is 8.46. The summed E-state index contributed by atoms with van der Waals surface area (Å²) in [5.41, 5.74) is 6.81. The van der Waals surface area contributed by atoms with Gasteiger partial charge in [-0.3, -0.25) is 0 Å². The van der Waals surface area contributed by atoms with Crippen molar-refractivity contribution in [1.29, 1.82) is 0 Å². The molecule has 2 unspecified atom stereocenters. The highest BCUT2D eigenvalue weighted by atomic mass is 16.5. The lowest BCUT2D eigenvalue weighted by Gasteiger charge is -2.37. The van der Waals surface area contributed by atoms with Gasteiger partial charge in [0, 0.05) is 0 Å². The van der Waals surface area contributed by atoms with Crippen LogP contribution in [0.5, 0.6) is 0 Å². The van der Waals surface area contributed by atoms with E-state index in [2.05, 4.69) is 20.8 Å². The first kappa shape index (κ1) is 17.0. The number of nitrogens with two attached hydrogens (primary N) is 1. The third kappa shape index (κ3) is 4.33. The largest absolute Gasteiger partial charge is 0.464 e. The van der Waals surface area contributed by atoms with Crippen LogP contribution in [0.25, 0.3) is 0 Å². The number of carbonyl (C=O) groups is 1. The van der Waals surface area contributed by atoms with Crippen molar-refractivity contribution in [2.45, 2.75) is 46.1 Å². The van der Waals surface area contributed by atoms with Crippen molar-refractivity contribution in [3.8, 4) is 0 Å². The molecule has 122 valence electrons. The van der Waals surface area contributed by atoms with Gasteiger partial charge >= 0.3 is 5.97 Å². The van der Waals surface area contributed by atoms with Crippen LogP contribution in [0.4, 0.5) is 0 Å². The molecule has 1 aromatic rings. The third-order valence-electron chi connectivity index (χ3n) is 5.01. The lowest BCUT2D eigenvalue weighted by molar-refractivity contribution is -0.148. The van der Waals surface area contributed by atoms with Crippen LogP contribution in [-0.2, 0) is 9.53 Å². The number of hydrogen-bond donors (Lipinski definition) is 1. The zero-order valence-corrected chi connectivity index (χ0v) is 14.0. The molecule has 1 aliphatic rings. The molecular weight excluding hydrogens is 274 g/mol. The fourth-order valence-electron chi connectivity index (χ4n) is 3.67. The van der Waals surface area contributed by atoms with Gasteiger partial charge in [0.15, 0.2) is 0 Å². The molecule has 1 aromatic carbocycles. The second kappa shape index (κ2) is 7.77. The molecule has 3 heteroatoms. The summed E-state index contributed by atoms with van der Waals surface area (Å²) in [4.78, 5) is 12.2. The quantitative estimate of drug-likeness (QED) is 0.838. The topological polar surface area (TPSA) is 52.3 Å². The van der Waals surface area contributed by atoms with Gasteiger partial charge in [0.05, 0.1) is 6.61 Å². The Morgan fingerprint density at radius 2 is 1.95 bits per heavy atom. The van der Waals surface area contributed by atoms with Crippen LogP contribution in [0.3, 0.4) is 0 Å². The van der Waals surface area contributed by atoms with Crippen molar-refractivity contribution in [2.75, 3.05) is 6.61 Å². The lowest BCUT2D eigenvalue weighted by Crippen LogP contribution is -2.33. The molecule has 2 rings (SSSR count). The van der Waals surface area contributed by atoms with Gasteiger partial charge < -0.3 is 10.5 Å². The number of benzene rings is 1. The summed E-state index contributed by atoms with van der Waals surface area (Å²) >= 11 is 0. The Hall–Kier alpha value is -1.35. The molecular formula is C19H29NO2. The first-order valence-corrected chi connectivity index (χ1v) is 8.46. The van der Waals surface area contributed by atoms with Gasteiger partial charge in [-0.15, -0.1) is 0 Å². The molecule has 22 heavy (non-hydrogen) atoms. The van der Waals surface area contributed by atoms with Crippen molar-refractivity contribution in [3.05, 3.63) is 35.9 Å². The number of esters is 1. The Labute approximate surface area is 134 Å². The van der Waals surface area contributed by atoms with Gasteiger partial charge in [0.1, 0.15) is 6.04 Å². The summed E-state index contributed by atoms with van der Waals surface area (Å²) in [6, 6.07) is 8.75. The summed E-state index contributed by atoms with van der Waals surface area (Å²) in [6.07, 6.45) is 3.68. The highest BCUT2D eigenvalue weighted by molar-refractivity contribution is 5.77. The van der Waals surface area contributed by atoms with Crippen molar-refractivity contribution in [1.82, 2.24) is 0 Å². The van der Waals surface area contributed by atoms with Crippen LogP contribution in [0.1, 0.15) is 51.6 Å². The highest BCUT2D eigenvalue weighted by Crippen LogP contribution is 2.38. The van der Waals surface area contributed by atoms with Gasteiger partial charge in [-0.1, -0.05) is 57.5 Å². The predicted octanol–water partition coefficient (Wildman–Crippen LogP) is 3.94. The van der Waals surface area contributed by atoms with E-state index < -0.39 is 6.04 Å². The smallest absolute Gasteiger partial charge is 0.327 e. The zero-order valence-electron chi connectivity index (χ0n) is 14.0. The Kier molecular flexibility index (Phi) is 6.01. The van der Waals surface area contributed by atoms with Crippen LogP contribution < -0.4 is 5.73 Å². The van der Waals surface area contributed by atoms with Gasteiger partial charge in [0.2, 0.25) is 0 Å². The average molecular weight is 303 g/mol. The molecule has 3 nitrogen and oxygen atoms in total. The Balaban J connectivity index is 1.91. The van der Waals surface area contributed by atoms with Crippen LogP contribution in [0.15, 0.2) is 30.3 Å². The van der Waals surface area contributed by atoms with E-state index >= 15 is 0 Å². The average Bonchev–Trinajstić information content (AvgIpc) is 2.52. The summed E-state index contributed by atoms with van der Waals surface area (Å²) in [5.74, 6) is 2.17. The maximum Gasteiger partial charge on any atom is 0.327 e. The van der Waals surface area contributed by atoms with E-state index in [1.165, 1.54) is 12.8 Å². The van der Waals surface area contributed by atoms with E-state index in [-0.39, 0.29) is 5.97 Å². The molecule has 0 spiro atoms. The van der Waals surface area contributed by atoms with Crippen LogP contribution in [0, 0.1) is 23.7 Å². The lowest BCUT2D eigenvalue weighted by atomic mass is 9.70. The van der Waals surface area contributed by atoms with Gasteiger partial charge in [0.25, 0.3) is 0 Å². The molecule has 1 saturated carbocycles. The number of rotatable bonds is 5. The summed E-state index contributed by atoms with van der Waals surface area (Å²) in [5, 5.41) is 0. The van der Waals surface area contributed by atoms with E-state index in [4.69, 9.17) is 10.5 Å². The minimum atomic E-state index is -0.681. The van der Waals surface area contributed by atoms with Crippen LogP contribution >= 0.6 is 0 Å². The minimum Gasteiger partial charge on any atom is -0.464 e. The van der Waals surface area contributed by atoms with Gasteiger partial charge in [-0.25, -0.2) is 4.79 Å². The second-order valence-corrected chi connectivity index (χ2v) is 7.10. The molecule has 1 aliphatic carbocycles. The Morgan fingerprint density at radius 3 is 2.59 bits per heavy atom. The number of carbonyl (C=O) groups excluding carboxylic acids is 1. The van der Waals surface area contributed by atoms with Crippen LogP contribution in [0.2, 0.25) is 0 Å². The molecule has 0 amide bonds. The first-order chi connectivity index (χ1) is 10.5. The molecule has 0 heterocycles. The Bertz CT molecular complexity index is 472. The summed E-state index contributed by atoms with van der Waals surface area (Å²) < 4.78 is 5.56. The molecule has 0 radical (unpaired) electrons. The SMILES string of the molecule is CC1CC[C@@H](C(C)C)[C@H](COC(=O)C(N)c2ccccc2)C1. The second-order valence-electron chi connectivity index (χ2n) is 7.10. The predicted molar refractivity (Wildman–Crippen MR) is 89.2 cm³/mol. The van der Waals surface area contributed by atoms with Crippen molar-refractivity contribution < 1.29 is 9.53 Å². The molecule has 1 fully saturated rings. The van der Waals surface area contributed by atoms with E-state index in [0.29, 0.717) is 24.4 Å². The van der Waals surface area contributed by atoms with Crippen molar-refractivity contribution >= 4 is 5.97 Å². The fraction of sp³-hybridized carbons (Fsp3) is 0.632. The van der Waals surface area contributed by atoms with Crippen LogP contribution in [-0.4, -0.2) is 12.6 Å². The van der Waals surface area contributed by atoms with Crippen molar-refractivity contribution in [2.24, 2.45) is 29.4 Å². The third-order valence-corrected chi connectivity index (χ3v) is 5.01. The fourth-order valence-corrected chi connectivity index (χ4v) is 3.67. The number of ether oxygens (including phenoxy) is 1. The standard InChI is InChI=1S/C19H29NO2/c1-13(2)17-10-9-14(3)11-16(17)12-22-19(21)18(20)15-7-5-4-6-8-15/h4-8,13-14,16-18H,9-12,20H2,1-3H3/t14?,16-,17-,18?/m0/s1. The zero-order chi connectivity index (χ0) is 16.1. The van der Waals surface area contributed by atoms with E-state index in [1.54, 1.807) is 0 Å².